The molecule has 0 unspecified atom stereocenters. The Morgan fingerprint density at radius 2 is 2.05 bits per heavy atom. The van der Waals surface area contributed by atoms with E-state index in [0.29, 0.717) is 12.5 Å². The molecule has 114 valence electrons. The molecule has 1 fully saturated rings. The van der Waals surface area contributed by atoms with E-state index in [1.165, 1.54) is 0 Å². The molecule has 0 aliphatic carbocycles. The minimum Gasteiger partial charge on any atom is -0.361 e. The number of carbonyl (C=O) groups excluding carboxylic acids is 2. The van der Waals surface area contributed by atoms with E-state index in [1.807, 2.05) is 24.4 Å². The fraction of sp³-hybridized carbons (Fsp3) is 0.353. The highest BCUT2D eigenvalue weighted by Crippen LogP contribution is 2.34. The van der Waals surface area contributed by atoms with Crippen LogP contribution in [0.2, 0.25) is 0 Å². The number of benzene rings is 1. The van der Waals surface area contributed by atoms with Crippen LogP contribution in [-0.4, -0.2) is 28.2 Å². The molecule has 2 heterocycles. The first-order valence-corrected chi connectivity index (χ1v) is 7.50. The van der Waals surface area contributed by atoms with E-state index in [2.05, 4.69) is 18.0 Å². The highest BCUT2D eigenvalue weighted by Gasteiger charge is 2.33. The van der Waals surface area contributed by atoms with Gasteiger partial charge in [-0.3, -0.25) is 14.6 Å². The SMILES string of the molecule is C[C@H]1CC[C@H](c2ccc3cnccc3c2)N(C(=O)C(N)=O)C1. The van der Waals surface area contributed by atoms with Crippen LogP contribution in [0.1, 0.15) is 31.4 Å². The van der Waals surface area contributed by atoms with Gasteiger partial charge in [0.2, 0.25) is 0 Å². The summed E-state index contributed by atoms with van der Waals surface area (Å²) >= 11 is 0. The van der Waals surface area contributed by atoms with Crippen LogP contribution >= 0.6 is 0 Å². The van der Waals surface area contributed by atoms with Gasteiger partial charge in [-0.25, -0.2) is 0 Å². The molecule has 1 aliphatic rings. The number of nitrogens with two attached hydrogens (primary N) is 1. The maximum absolute atomic E-state index is 12.1. The molecule has 0 spiro atoms. The van der Waals surface area contributed by atoms with E-state index in [9.17, 15) is 9.59 Å². The van der Waals surface area contributed by atoms with Crippen molar-refractivity contribution in [3.05, 3.63) is 42.2 Å². The van der Waals surface area contributed by atoms with E-state index in [4.69, 9.17) is 5.73 Å². The second kappa shape index (κ2) is 5.75. The molecule has 2 aromatic rings. The van der Waals surface area contributed by atoms with Crippen LogP contribution < -0.4 is 5.73 Å². The summed E-state index contributed by atoms with van der Waals surface area (Å²) in [6.07, 6.45) is 5.44. The largest absolute Gasteiger partial charge is 0.361 e. The van der Waals surface area contributed by atoms with Gasteiger partial charge < -0.3 is 10.6 Å². The highest BCUT2D eigenvalue weighted by atomic mass is 16.2. The van der Waals surface area contributed by atoms with Crippen LogP contribution in [0.25, 0.3) is 10.8 Å². The highest BCUT2D eigenvalue weighted by molar-refractivity contribution is 6.34. The molecule has 2 amide bonds. The Morgan fingerprint density at radius 1 is 1.23 bits per heavy atom. The topological polar surface area (TPSA) is 76.3 Å². The Bertz CT molecular complexity index is 729. The van der Waals surface area contributed by atoms with Gasteiger partial charge in [0, 0.05) is 24.3 Å². The van der Waals surface area contributed by atoms with Crippen LogP contribution in [0.3, 0.4) is 0 Å². The van der Waals surface area contributed by atoms with Gasteiger partial charge >= 0.3 is 11.8 Å². The average Bonchev–Trinajstić information content (AvgIpc) is 2.53. The molecule has 0 bridgehead atoms. The number of fused-ring (bicyclic) bond motifs is 1. The van der Waals surface area contributed by atoms with Crippen LogP contribution in [0.5, 0.6) is 0 Å². The van der Waals surface area contributed by atoms with Gasteiger partial charge in [-0.2, -0.15) is 0 Å². The molecular weight excluding hydrogens is 278 g/mol. The second-order valence-electron chi connectivity index (χ2n) is 6.00. The third-order valence-corrected chi connectivity index (χ3v) is 4.34. The summed E-state index contributed by atoms with van der Waals surface area (Å²) < 4.78 is 0. The molecule has 1 aromatic heterocycles. The molecule has 2 atom stereocenters. The third kappa shape index (κ3) is 2.66. The Balaban J connectivity index is 1.98. The number of hydrogen-bond donors (Lipinski definition) is 1. The van der Waals surface area contributed by atoms with Crippen molar-refractivity contribution in [3.8, 4) is 0 Å². The Labute approximate surface area is 129 Å². The molecule has 5 nitrogen and oxygen atoms in total. The smallest absolute Gasteiger partial charge is 0.312 e. The van der Waals surface area contributed by atoms with Crippen LogP contribution in [0.4, 0.5) is 0 Å². The zero-order valence-electron chi connectivity index (χ0n) is 12.5. The van der Waals surface area contributed by atoms with E-state index in [-0.39, 0.29) is 6.04 Å². The zero-order valence-corrected chi connectivity index (χ0v) is 12.5. The maximum atomic E-state index is 12.1. The number of carbonyl (C=O) groups is 2. The lowest BCUT2D eigenvalue weighted by Crippen LogP contribution is -2.46. The first-order chi connectivity index (χ1) is 10.6. The summed E-state index contributed by atoms with van der Waals surface area (Å²) in [7, 11) is 0. The fourth-order valence-corrected chi connectivity index (χ4v) is 3.17. The summed E-state index contributed by atoms with van der Waals surface area (Å²) in [5.41, 5.74) is 6.25. The standard InChI is InChI=1S/C17H19N3O2/c1-11-2-5-15(20(10-11)17(22)16(18)21)13-3-4-14-9-19-7-6-12(14)8-13/h3-4,6-9,11,15H,2,5,10H2,1H3,(H2,18,21)/t11-,15+/m0/s1. The molecule has 0 radical (unpaired) electrons. The molecule has 5 heteroatoms. The van der Waals surface area contributed by atoms with Gasteiger partial charge in [0.15, 0.2) is 0 Å². The molecule has 1 aromatic carbocycles. The lowest BCUT2D eigenvalue weighted by Gasteiger charge is -2.38. The quantitative estimate of drug-likeness (QED) is 0.818. The van der Waals surface area contributed by atoms with Gasteiger partial charge in [-0.1, -0.05) is 19.1 Å². The summed E-state index contributed by atoms with van der Waals surface area (Å²) in [6, 6.07) is 7.94. The summed E-state index contributed by atoms with van der Waals surface area (Å²) in [4.78, 5) is 29.2. The van der Waals surface area contributed by atoms with Gasteiger partial charge in [0.1, 0.15) is 0 Å². The van der Waals surface area contributed by atoms with Crippen molar-refractivity contribution in [3.63, 3.8) is 0 Å². The van der Waals surface area contributed by atoms with Crippen LogP contribution in [-0.2, 0) is 9.59 Å². The number of nitrogens with zero attached hydrogens (tertiary/aromatic N) is 2. The Hall–Kier alpha value is -2.43. The Morgan fingerprint density at radius 3 is 2.82 bits per heavy atom. The van der Waals surface area contributed by atoms with E-state index in [0.717, 1.165) is 29.2 Å². The van der Waals surface area contributed by atoms with E-state index >= 15 is 0 Å². The number of pyridine rings is 1. The number of piperidine rings is 1. The molecule has 1 saturated heterocycles. The third-order valence-electron chi connectivity index (χ3n) is 4.34. The first-order valence-electron chi connectivity index (χ1n) is 7.50. The second-order valence-corrected chi connectivity index (χ2v) is 6.00. The lowest BCUT2D eigenvalue weighted by atomic mass is 9.89. The predicted molar refractivity (Wildman–Crippen MR) is 83.8 cm³/mol. The molecule has 2 N–H and O–H groups in total. The molecular formula is C17H19N3O2. The normalized spacial score (nSPS) is 21.8. The number of rotatable bonds is 1. The van der Waals surface area contributed by atoms with Crippen LogP contribution in [0, 0.1) is 5.92 Å². The van der Waals surface area contributed by atoms with Crippen molar-refractivity contribution >= 4 is 22.6 Å². The number of hydrogen-bond acceptors (Lipinski definition) is 3. The summed E-state index contributed by atoms with van der Waals surface area (Å²) in [6.45, 7) is 2.66. The van der Waals surface area contributed by atoms with Gasteiger partial charge in [-0.05, 0) is 41.8 Å². The van der Waals surface area contributed by atoms with E-state index in [1.54, 1.807) is 11.1 Å². The predicted octanol–water partition coefficient (Wildman–Crippen LogP) is 2.02. The first kappa shape index (κ1) is 14.5. The molecule has 3 rings (SSSR count). The van der Waals surface area contributed by atoms with Crippen molar-refractivity contribution < 1.29 is 9.59 Å². The fourth-order valence-electron chi connectivity index (χ4n) is 3.17. The number of likely N-dealkylation sites (tertiary alicyclic amines) is 1. The molecule has 22 heavy (non-hydrogen) atoms. The number of aromatic nitrogens is 1. The van der Waals surface area contributed by atoms with Gasteiger partial charge in [0.05, 0.1) is 6.04 Å². The maximum Gasteiger partial charge on any atom is 0.312 e. The number of primary amides is 1. The monoisotopic (exact) mass is 297 g/mol. The van der Waals surface area contributed by atoms with Crippen molar-refractivity contribution in [2.24, 2.45) is 11.7 Å². The van der Waals surface area contributed by atoms with Crippen molar-refractivity contribution in [1.82, 2.24) is 9.88 Å². The van der Waals surface area contributed by atoms with Crippen LogP contribution in [0.15, 0.2) is 36.7 Å². The molecule has 1 aliphatic heterocycles. The summed E-state index contributed by atoms with van der Waals surface area (Å²) in [5.74, 6) is -1.10. The van der Waals surface area contributed by atoms with Gasteiger partial charge in [-0.15, -0.1) is 0 Å². The number of amides is 2. The Kier molecular flexibility index (Phi) is 3.79. The minimum atomic E-state index is -0.885. The van der Waals surface area contributed by atoms with Crippen molar-refractivity contribution in [2.75, 3.05) is 6.54 Å². The van der Waals surface area contributed by atoms with E-state index < -0.39 is 11.8 Å². The van der Waals surface area contributed by atoms with Crippen molar-refractivity contribution in [1.29, 1.82) is 0 Å². The lowest BCUT2D eigenvalue weighted by molar-refractivity contribution is -0.147. The average molecular weight is 297 g/mol. The zero-order chi connectivity index (χ0) is 15.7. The van der Waals surface area contributed by atoms with Crippen molar-refractivity contribution in [2.45, 2.75) is 25.8 Å². The summed E-state index contributed by atoms with van der Waals surface area (Å²) in [5, 5.41) is 2.14. The molecule has 0 saturated carbocycles. The minimum absolute atomic E-state index is 0.0891. The van der Waals surface area contributed by atoms with Gasteiger partial charge in [0.25, 0.3) is 0 Å².